The molecule has 12 nitrogen and oxygen atoms in total. The zero-order valence-electron chi connectivity index (χ0n) is 33.1. The lowest BCUT2D eigenvalue weighted by molar-refractivity contribution is -0.143. The molecule has 0 aromatic carbocycles. The fraction of sp³-hybridized carbons (Fsp3) is 0.875. The predicted molar refractivity (Wildman–Crippen MR) is 200 cm³/mol. The number of ketones is 1. The molecule has 52 heavy (non-hydrogen) atoms. The molecule has 6 fully saturated rings. The second-order valence-electron chi connectivity index (χ2n) is 19.8. The first-order valence-electron chi connectivity index (χ1n) is 20.3. The van der Waals surface area contributed by atoms with E-state index in [1.807, 2.05) is 20.8 Å². The van der Waals surface area contributed by atoms with E-state index in [1.54, 1.807) is 4.90 Å². The Labute approximate surface area is 311 Å². The van der Waals surface area contributed by atoms with Gasteiger partial charge in [-0.3, -0.25) is 24.1 Å². The Bertz CT molecular complexity index is 1420. The Morgan fingerprint density at radius 3 is 2.08 bits per heavy atom. The lowest BCUT2D eigenvalue weighted by atomic mass is 9.73. The third kappa shape index (κ3) is 6.77. The van der Waals surface area contributed by atoms with Crippen LogP contribution in [0.1, 0.15) is 132 Å². The van der Waals surface area contributed by atoms with Crippen LogP contribution in [0.15, 0.2) is 0 Å². The van der Waals surface area contributed by atoms with Crippen LogP contribution >= 0.6 is 0 Å². The summed E-state index contributed by atoms with van der Waals surface area (Å²) in [5, 5.41) is 13.0. The molecule has 4 unspecified atom stereocenters. The molecule has 2 spiro atoms. The van der Waals surface area contributed by atoms with Gasteiger partial charge >= 0.3 is 6.03 Å². The van der Waals surface area contributed by atoms with Gasteiger partial charge in [0.05, 0.1) is 11.6 Å². The van der Waals surface area contributed by atoms with Crippen LogP contribution in [-0.2, 0) is 19.2 Å². The molecule has 6 rings (SSSR count). The van der Waals surface area contributed by atoms with Gasteiger partial charge < -0.3 is 31.9 Å². The van der Waals surface area contributed by atoms with E-state index in [4.69, 9.17) is 5.73 Å². The van der Waals surface area contributed by atoms with E-state index < -0.39 is 46.7 Å². The molecule has 12 heteroatoms. The number of urea groups is 1. The molecule has 2 aliphatic heterocycles. The van der Waals surface area contributed by atoms with E-state index in [-0.39, 0.29) is 39.6 Å². The van der Waals surface area contributed by atoms with Crippen molar-refractivity contribution in [1.82, 2.24) is 31.1 Å². The lowest BCUT2D eigenvalue weighted by Crippen LogP contribution is -2.67. The topological polar surface area (TPSA) is 166 Å². The van der Waals surface area contributed by atoms with Gasteiger partial charge in [0.2, 0.25) is 17.6 Å². The van der Waals surface area contributed by atoms with Crippen LogP contribution in [0.4, 0.5) is 4.79 Å². The van der Waals surface area contributed by atoms with Gasteiger partial charge in [-0.15, -0.1) is 0 Å². The van der Waals surface area contributed by atoms with Gasteiger partial charge in [0.1, 0.15) is 12.1 Å². The summed E-state index contributed by atoms with van der Waals surface area (Å²) in [6.07, 6.45) is 12.1. The number of hydrogen-bond acceptors (Lipinski definition) is 7. The molecule has 0 aromatic heterocycles. The minimum atomic E-state index is -1.06. The Morgan fingerprint density at radius 1 is 0.885 bits per heavy atom. The first kappa shape index (κ1) is 39.0. The largest absolute Gasteiger partial charge is 0.363 e. The maximum Gasteiger partial charge on any atom is 0.315 e. The minimum absolute atomic E-state index is 0.0423. The molecule has 4 saturated carbocycles. The Hall–Kier alpha value is -2.73. The summed E-state index contributed by atoms with van der Waals surface area (Å²) in [4.78, 5) is 72.7. The first-order chi connectivity index (χ1) is 24.3. The highest BCUT2D eigenvalue weighted by atomic mass is 16.2. The number of piperazine rings is 1. The van der Waals surface area contributed by atoms with E-state index in [2.05, 4.69) is 53.9 Å². The number of nitrogens with one attached hydrogen (secondary N) is 4. The van der Waals surface area contributed by atoms with Crippen molar-refractivity contribution < 1.29 is 24.0 Å². The van der Waals surface area contributed by atoms with Crippen LogP contribution in [-0.4, -0.2) is 101 Å². The molecule has 5 amide bonds. The van der Waals surface area contributed by atoms with Gasteiger partial charge in [0, 0.05) is 43.7 Å². The molecule has 0 radical (unpaired) electrons. The summed E-state index contributed by atoms with van der Waals surface area (Å²) < 4.78 is 0. The van der Waals surface area contributed by atoms with Crippen LogP contribution in [0.5, 0.6) is 0 Å². The molecule has 292 valence electrons. The minimum Gasteiger partial charge on any atom is -0.363 e. The second kappa shape index (κ2) is 13.8. The van der Waals surface area contributed by atoms with Crippen molar-refractivity contribution >= 4 is 29.5 Å². The summed E-state index contributed by atoms with van der Waals surface area (Å²) in [5.74, 6) is -2.30. The number of likely N-dealkylation sites (tertiary alicyclic amines) is 1. The van der Waals surface area contributed by atoms with Crippen LogP contribution < -0.4 is 27.0 Å². The maximum absolute atomic E-state index is 15.0. The Balaban J connectivity index is 1.24. The third-order valence-electron chi connectivity index (χ3n) is 15.1. The summed E-state index contributed by atoms with van der Waals surface area (Å²) >= 11 is 0. The van der Waals surface area contributed by atoms with E-state index in [9.17, 15) is 24.0 Å². The third-order valence-corrected chi connectivity index (χ3v) is 15.1. The highest BCUT2D eigenvalue weighted by Gasteiger charge is 2.85. The number of rotatable bonds is 11. The monoisotopic (exact) mass is 726 g/mol. The lowest BCUT2D eigenvalue weighted by Gasteiger charge is -2.49. The number of hydrogen-bond donors (Lipinski definition) is 5. The van der Waals surface area contributed by atoms with E-state index in [1.165, 1.54) is 0 Å². The van der Waals surface area contributed by atoms with E-state index in [0.717, 1.165) is 96.8 Å². The Morgan fingerprint density at radius 2 is 1.56 bits per heavy atom. The van der Waals surface area contributed by atoms with Gasteiger partial charge in [-0.05, 0) is 74.5 Å². The number of nitrogens with zero attached hydrogens (tertiary/aromatic N) is 2. The molecular formula is C40H67N7O5. The second-order valence-corrected chi connectivity index (χ2v) is 19.8. The van der Waals surface area contributed by atoms with Crippen LogP contribution in [0.3, 0.4) is 0 Å². The van der Waals surface area contributed by atoms with Crippen molar-refractivity contribution in [2.45, 2.75) is 161 Å². The molecule has 6 aliphatic rings. The van der Waals surface area contributed by atoms with Crippen molar-refractivity contribution in [2.75, 3.05) is 32.7 Å². The molecule has 2 saturated heterocycles. The van der Waals surface area contributed by atoms with Gasteiger partial charge in [0.15, 0.2) is 0 Å². The highest BCUT2D eigenvalue weighted by molar-refractivity contribution is 6.37. The summed E-state index contributed by atoms with van der Waals surface area (Å²) in [6, 6.07) is -3.09. The average molecular weight is 726 g/mol. The van der Waals surface area contributed by atoms with Gasteiger partial charge in [-0.1, -0.05) is 79.6 Å². The number of Topliss-reactive ketones (excluding diaryl/α,β-unsaturated/α-hetero) is 1. The number of amides is 5. The molecule has 0 bridgehead atoms. The van der Waals surface area contributed by atoms with Crippen LogP contribution in [0.2, 0.25) is 0 Å². The standard InChI is InChI=1S/C40H67N7O5/c1-35(2,3)30(44-34(52)45-38(15-9-8-10-16-38)24-46-20-19-42-23-36(46,4)5)33(51)47-25-40(37(6,7)39(40)17-12-18-39)22-28(47)32(50)43-27(29(48)31(41)49)21-26-13-11-14-26/h26-28,30,42H,8-25H2,1-7H3,(H2,41,49)(H,43,50)(H2,44,45,52). The van der Waals surface area contributed by atoms with Crippen molar-refractivity contribution in [3.8, 4) is 0 Å². The molecular weight excluding hydrogens is 658 g/mol. The zero-order valence-corrected chi connectivity index (χ0v) is 33.1. The average Bonchev–Trinajstić information content (AvgIpc) is 3.24. The first-order valence-corrected chi connectivity index (χ1v) is 20.3. The summed E-state index contributed by atoms with van der Waals surface area (Å²) in [7, 11) is 0. The summed E-state index contributed by atoms with van der Waals surface area (Å²) in [5.41, 5.74) is 4.11. The number of fused-ring (bicyclic) bond motifs is 1. The predicted octanol–water partition coefficient (Wildman–Crippen LogP) is 3.61. The zero-order chi connectivity index (χ0) is 37.9. The molecule has 4 atom stereocenters. The van der Waals surface area contributed by atoms with Gasteiger partial charge in [0.25, 0.3) is 5.91 Å². The molecule has 4 aliphatic carbocycles. The van der Waals surface area contributed by atoms with Crippen LogP contribution in [0, 0.1) is 27.6 Å². The SMILES string of the molecule is CC(C)(C)C(NC(=O)NC1(CN2CCNCC2(C)C)CCCCC1)C(=O)N1CC2(CC1C(=O)NC(CC1CCC1)C(=O)C(N)=O)C(C)(C)C21CCC1. The smallest absolute Gasteiger partial charge is 0.315 e. The Kier molecular flexibility index (Phi) is 10.4. The van der Waals surface area contributed by atoms with Crippen molar-refractivity contribution in [3.05, 3.63) is 0 Å². The van der Waals surface area contributed by atoms with Gasteiger partial charge in [-0.2, -0.15) is 0 Å². The number of carbonyl (C=O) groups excluding carboxylic acids is 5. The number of primary amides is 1. The van der Waals surface area contributed by atoms with Crippen molar-refractivity contribution in [2.24, 2.45) is 33.3 Å². The number of nitrogens with two attached hydrogens (primary N) is 1. The fourth-order valence-electron chi connectivity index (χ4n) is 11.3. The molecule has 0 aromatic rings. The molecule has 6 N–H and O–H groups in total. The highest BCUT2D eigenvalue weighted by Crippen LogP contribution is 2.88. The van der Waals surface area contributed by atoms with Gasteiger partial charge in [-0.25, -0.2) is 4.79 Å². The fourth-order valence-corrected chi connectivity index (χ4v) is 11.3. The maximum atomic E-state index is 15.0. The normalized spacial score (nSPS) is 30.1. The summed E-state index contributed by atoms with van der Waals surface area (Å²) in [6.45, 7) is 18.7. The van der Waals surface area contributed by atoms with Crippen molar-refractivity contribution in [1.29, 1.82) is 0 Å². The van der Waals surface area contributed by atoms with E-state index >= 15 is 0 Å². The molecule has 2 heterocycles. The van der Waals surface area contributed by atoms with E-state index in [0.29, 0.717) is 19.4 Å². The number of carbonyl (C=O) groups is 5. The quantitative estimate of drug-likeness (QED) is 0.203. The van der Waals surface area contributed by atoms with Crippen LogP contribution in [0.25, 0.3) is 0 Å². The van der Waals surface area contributed by atoms with Crippen molar-refractivity contribution in [3.63, 3.8) is 0 Å².